The summed E-state index contributed by atoms with van der Waals surface area (Å²) in [6.07, 6.45) is 0.502. The molecule has 1 aliphatic heterocycles. The van der Waals surface area contributed by atoms with Gasteiger partial charge in [0.2, 0.25) is 6.29 Å². The van der Waals surface area contributed by atoms with Crippen LogP contribution in [0.3, 0.4) is 0 Å². The molecule has 1 saturated heterocycles. The maximum atomic E-state index is 11.5. The van der Waals surface area contributed by atoms with Gasteiger partial charge in [0.1, 0.15) is 6.10 Å². The second-order valence-electron chi connectivity index (χ2n) is 10.6. The van der Waals surface area contributed by atoms with Crippen molar-refractivity contribution in [1.82, 2.24) is 0 Å². The lowest BCUT2D eigenvalue weighted by Crippen LogP contribution is -2.56. The Morgan fingerprint density at radius 3 is 2.44 bits per heavy atom. The molecule has 0 bridgehead atoms. The minimum atomic E-state index is -1.40. The van der Waals surface area contributed by atoms with Crippen LogP contribution in [0, 0.1) is 12.8 Å². The third-order valence-electron chi connectivity index (χ3n) is 7.75. The fourth-order valence-electron chi connectivity index (χ4n) is 6.27. The van der Waals surface area contributed by atoms with Crippen molar-refractivity contribution >= 4 is 5.97 Å². The Hall–Kier alpha value is -2.09. The van der Waals surface area contributed by atoms with E-state index < -0.39 is 30.6 Å². The van der Waals surface area contributed by atoms with Gasteiger partial charge < -0.3 is 29.5 Å². The van der Waals surface area contributed by atoms with Crippen LogP contribution in [0.4, 0.5) is 0 Å². The molecule has 7 nitrogen and oxygen atoms in total. The third kappa shape index (κ3) is 4.34. The first-order valence-corrected chi connectivity index (χ1v) is 12.4. The molecule has 7 heteroatoms. The largest absolute Gasteiger partial charge is 0.504 e. The first-order valence-electron chi connectivity index (χ1n) is 12.4. The molecular formula is C27H38O7. The average Bonchev–Trinajstić information content (AvgIpc) is 2.74. The number of carbonyl (C=O) groups excluding carboxylic acids is 1. The van der Waals surface area contributed by atoms with Crippen LogP contribution < -0.4 is 4.74 Å². The number of esters is 1. The van der Waals surface area contributed by atoms with Gasteiger partial charge in [-0.25, -0.2) is 0 Å². The number of ether oxygens (including phenoxy) is 3. The van der Waals surface area contributed by atoms with Crippen molar-refractivity contribution in [2.24, 2.45) is 5.92 Å². The van der Waals surface area contributed by atoms with E-state index >= 15 is 0 Å². The van der Waals surface area contributed by atoms with E-state index in [0.29, 0.717) is 17.6 Å². The highest BCUT2D eigenvalue weighted by molar-refractivity contribution is 5.66. The van der Waals surface area contributed by atoms with Gasteiger partial charge in [-0.05, 0) is 74.5 Å². The lowest BCUT2D eigenvalue weighted by molar-refractivity contribution is -0.249. The zero-order valence-electron chi connectivity index (χ0n) is 21.0. The number of hydrogen-bond acceptors (Lipinski definition) is 7. The van der Waals surface area contributed by atoms with Crippen molar-refractivity contribution in [3.05, 3.63) is 33.9 Å². The number of aliphatic hydroxyl groups excluding tert-OH is 2. The molecule has 0 aromatic heterocycles. The summed E-state index contributed by atoms with van der Waals surface area (Å²) in [5.41, 5.74) is 5.50. The molecule has 1 aromatic rings. The van der Waals surface area contributed by atoms with Crippen molar-refractivity contribution < 1.29 is 34.3 Å². The van der Waals surface area contributed by atoms with Crippen molar-refractivity contribution in [3.8, 4) is 11.5 Å². The highest BCUT2D eigenvalue weighted by Crippen LogP contribution is 2.58. The molecule has 1 heterocycles. The van der Waals surface area contributed by atoms with Crippen LogP contribution in [0.1, 0.15) is 93.9 Å². The van der Waals surface area contributed by atoms with Crippen LogP contribution in [0.25, 0.3) is 0 Å². The molecule has 34 heavy (non-hydrogen) atoms. The lowest BCUT2D eigenvalue weighted by atomic mass is 9.62. The molecule has 0 saturated carbocycles. The topological polar surface area (TPSA) is 105 Å². The number of carbonyl (C=O) groups is 1. The first-order chi connectivity index (χ1) is 16.0. The summed E-state index contributed by atoms with van der Waals surface area (Å²) in [6, 6.07) is 0. The smallest absolute Gasteiger partial charge is 0.303 e. The Labute approximate surface area is 201 Å². The quantitative estimate of drug-likeness (QED) is 0.444. The van der Waals surface area contributed by atoms with E-state index in [1.54, 1.807) is 0 Å². The summed E-state index contributed by atoms with van der Waals surface area (Å²) in [7, 11) is 0. The van der Waals surface area contributed by atoms with E-state index in [1.807, 2.05) is 6.92 Å². The summed E-state index contributed by atoms with van der Waals surface area (Å²) >= 11 is 0. The van der Waals surface area contributed by atoms with Gasteiger partial charge >= 0.3 is 5.97 Å². The number of aliphatic hydroxyl groups is 2. The standard InChI is InChI=1S/C27H38O7/c1-12(2)9-17-10-14(4)18-8-7-13(3)20-22(18)21(17)15(5)25(23(20)30)34-27-24(31)26(33-16(6)28)19(29)11-32-27/h9,13-14,17-19,24,26-27,29-31H,7-8,10-11H2,1-6H3/t13-,14-,17+,18?,19-,24-,26-,27?/m0/s1. The first kappa shape index (κ1) is 25.0. The van der Waals surface area contributed by atoms with Gasteiger partial charge in [-0.1, -0.05) is 25.5 Å². The number of benzene rings is 1. The van der Waals surface area contributed by atoms with Crippen molar-refractivity contribution in [3.63, 3.8) is 0 Å². The molecule has 4 rings (SSSR count). The molecule has 2 unspecified atom stereocenters. The summed E-state index contributed by atoms with van der Waals surface area (Å²) in [5.74, 6) is 1.10. The van der Waals surface area contributed by atoms with E-state index in [0.717, 1.165) is 30.4 Å². The molecule has 3 aliphatic rings. The van der Waals surface area contributed by atoms with Gasteiger partial charge in [-0.2, -0.15) is 0 Å². The Bertz CT molecular complexity index is 980. The maximum Gasteiger partial charge on any atom is 0.303 e. The van der Waals surface area contributed by atoms with E-state index in [9.17, 15) is 20.1 Å². The summed E-state index contributed by atoms with van der Waals surface area (Å²) in [5, 5.41) is 32.4. The SMILES string of the molecule is CC(=O)O[C@@H]1[C@H](O)C(Oc2c(C)c3c4c(c2O)[C@@H](C)CCC4[C@@H](C)C[C@H]3C=C(C)C)OC[C@@H]1O. The zero-order valence-corrected chi connectivity index (χ0v) is 21.0. The van der Waals surface area contributed by atoms with Gasteiger partial charge in [-0.15, -0.1) is 0 Å². The summed E-state index contributed by atoms with van der Waals surface area (Å²) in [4.78, 5) is 11.5. The highest BCUT2D eigenvalue weighted by atomic mass is 16.7. The summed E-state index contributed by atoms with van der Waals surface area (Å²) in [6.45, 7) is 11.7. The van der Waals surface area contributed by atoms with Crippen LogP contribution >= 0.6 is 0 Å². The molecular weight excluding hydrogens is 436 g/mol. The molecule has 2 aliphatic carbocycles. The number of phenols is 1. The van der Waals surface area contributed by atoms with Gasteiger partial charge in [0.25, 0.3) is 0 Å². The van der Waals surface area contributed by atoms with E-state index in [2.05, 4.69) is 33.8 Å². The van der Waals surface area contributed by atoms with Crippen LogP contribution in [0.5, 0.6) is 11.5 Å². The highest BCUT2D eigenvalue weighted by Gasteiger charge is 2.45. The second-order valence-corrected chi connectivity index (χ2v) is 10.6. The van der Waals surface area contributed by atoms with Crippen LogP contribution in [-0.4, -0.2) is 52.5 Å². The minimum Gasteiger partial charge on any atom is -0.504 e. The number of hydrogen-bond donors (Lipinski definition) is 3. The molecule has 8 atom stereocenters. The second kappa shape index (κ2) is 9.51. The number of aromatic hydroxyl groups is 1. The van der Waals surface area contributed by atoms with Gasteiger partial charge in [0.05, 0.1) is 6.61 Å². The molecule has 0 spiro atoms. The van der Waals surface area contributed by atoms with E-state index in [-0.39, 0.29) is 24.2 Å². The Morgan fingerprint density at radius 2 is 1.79 bits per heavy atom. The lowest BCUT2D eigenvalue weighted by Gasteiger charge is -2.44. The van der Waals surface area contributed by atoms with Crippen molar-refractivity contribution in [2.45, 2.75) is 103 Å². The Balaban J connectivity index is 1.80. The maximum absolute atomic E-state index is 11.5. The molecule has 3 N–H and O–H groups in total. The molecule has 0 amide bonds. The van der Waals surface area contributed by atoms with E-state index in [4.69, 9.17) is 14.2 Å². The van der Waals surface area contributed by atoms with Gasteiger partial charge in [0.15, 0.2) is 23.7 Å². The Kier molecular flexibility index (Phi) is 7.00. The third-order valence-corrected chi connectivity index (χ3v) is 7.75. The van der Waals surface area contributed by atoms with E-state index in [1.165, 1.54) is 23.6 Å². The number of phenolic OH excluding ortho intramolecular Hbond substituents is 1. The predicted molar refractivity (Wildman–Crippen MR) is 127 cm³/mol. The van der Waals surface area contributed by atoms with Crippen LogP contribution in [-0.2, 0) is 14.3 Å². The fraction of sp³-hybridized carbons (Fsp3) is 0.667. The normalized spacial score (nSPS) is 34.7. The van der Waals surface area contributed by atoms with Crippen molar-refractivity contribution in [1.29, 1.82) is 0 Å². The van der Waals surface area contributed by atoms with Gasteiger partial charge in [0, 0.05) is 18.4 Å². The Morgan fingerprint density at radius 1 is 1.09 bits per heavy atom. The zero-order chi connectivity index (χ0) is 24.9. The molecule has 1 aromatic carbocycles. The fourth-order valence-corrected chi connectivity index (χ4v) is 6.27. The average molecular weight is 475 g/mol. The molecule has 1 fully saturated rings. The monoisotopic (exact) mass is 474 g/mol. The summed E-state index contributed by atoms with van der Waals surface area (Å²) < 4.78 is 16.8. The van der Waals surface area contributed by atoms with Gasteiger partial charge in [-0.3, -0.25) is 4.79 Å². The minimum absolute atomic E-state index is 0.101. The van der Waals surface area contributed by atoms with Crippen LogP contribution in [0.2, 0.25) is 0 Å². The molecule has 0 radical (unpaired) electrons. The molecule has 188 valence electrons. The van der Waals surface area contributed by atoms with Crippen molar-refractivity contribution in [2.75, 3.05) is 6.61 Å². The number of allylic oxidation sites excluding steroid dienone is 2. The predicted octanol–water partition coefficient (Wildman–Crippen LogP) is 4.16. The van der Waals surface area contributed by atoms with Crippen LogP contribution in [0.15, 0.2) is 11.6 Å². The number of rotatable bonds is 4.